The van der Waals surface area contributed by atoms with Crippen LogP contribution < -0.4 is 10.5 Å². The molecule has 0 bridgehead atoms. The maximum Gasteiger partial charge on any atom is 0.119 e. The fourth-order valence-electron chi connectivity index (χ4n) is 2.34. The van der Waals surface area contributed by atoms with Crippen molar-refractivity contribution < 1.29 is 4.74 Å². The summed E-state index contributed by atoms with van der Waals surface area (Å²) >= 11 is 5.93. The van der Waals surface area contributed by atoms with Gasteiger partial charge in [-0.3, -0.25) is 0 Å². The van der Waals surface area contributed by atoms with E-state index in [4.69, 9.17) is 22.1 Å². The molecule has 2 nitrogen and oxygen atoms in total. The van der Waals surface area contributed by atoms with Crippen LogP contribution in [-0.4, -0.2) is 13.7 Å². The molecule has 0 spiro atoms. The Morgan fingerprint density at radius 1 is 1.15 bits per heavy atom. The smallest absolute Gasteiger partial charge is 0.119 e. The van der Waals surface area contributed by atoms with Gasteiger partial charge in [0.15, 0.2) is 0 Å². The molecule has 0 heterocycles. The van der Waals surface area contributed by atoms with Gasteiger partial charge < -0.3 is 10.5 Å². The van der Waals surface area contributed by atoms with Gasteiger partial charge in [-0.15, -0.1) is 0 Å². The average molecular weight is 290 g/mol. The van der Waals surface area contributed by atoms with Crippen LogP contribution in [0.3, 0.4) is 0 Å². The van der Waals surface area contributed by atoms with Crippen molar-refractivity contribution in [3.63, 3.8) is 0 Å². The van der Waals surface area contributed by atoms with E-state index in [2.05, 4.69) is 31.2 Å². The Morgan fingerprint density at radius 3 is 2.45 bits per heavy atom. The maximum atomic E-state index is 6.04. The summed E-state index contributed by atoms with van der Waals surface area (Å²) in [7, 11) is 1.68. The highest BCUT2D eigenvalue weighted by molar-refractivity contribution is 6.30. The highest BCUT2D eigenvalue weighted by Crippen LogP contribution is 2.30. The predicted molar refractivity (Wildman–Crippen MR) is 84.6 cm³/mol. The first kappa shape index (κ1) is 14.9. The molecule has 2 aromatic rings. The Bertz CT molecular complexity index is 567. The second kappa shape index (κ2) is 6.29. The van der Waals surface area contributed by atoms with E-state index in [1.807, 2.05) is 24.3 Å². The second-order valence-corrected chi connectivity index (χ2v) is 5.74. The zero-order valence-electron chi connectivity index (χ0n) is 11.9. The minimum absolute atomic E-state index is 0.123. The molecular formula is C17H20ClNO. The molecule has 3 heteroatoms. The number of hydrogen-bond acceptors (Lipinski definition) is 2. The summed E-state index contributed by atoms with van der Waals surface area (Å²) in [6, 6.07) is 16.0. The van der Waals surface area contributed by atoms with Crippen molar-refractivity contribution in [2.75, 3.05) is 13.7 Å². The van der Waals surface area contributed by atoms with Crippen molar-refractivity contribution in [1.29, 1.82) is 0 Å². The minimum atomic E-state index is -0.123. The fraction of sp³-hybridized carbons (Fsp3) is 0.294. The third kappa shape index (κ3) is 3.33. The highest BCUT2D eigenvalue weighted by atomic mass is 35.5. The normalized spacial score (nSPS) is 13.8. The Labute approximate surface area is 125 Å². The molecular weight excluding hydrogens is 270 g/mol. The van der Waals surface area contributed by atoms with Crippen molar-refractivity contribution in [1.82, 2.24) is 0 Å². The van der Waals surface area contributed by atoms with E-state index in [1.54, 1.807) is 7.11 Å². The van der Waals surface area contributed by atoms with E-state index in [0.717, 1.165) is 17.2 Å². The van der Waals surface area contributed by atoms with Gasteiger partial charge >= 0.3 is 0 Å². The topological polar surface area (TPSA) is 35.2 Å². The van der Waals surface area contributed by atoms with Crippen LogP contribution in [0.5, 0.6) is 5.75 Å². The van der Waals surface area contributed by atoms with Gasteiger partial charge in [-0.2, -0.15) is 0 Å². The number of rotatable bonds is 5. The summed E-state index contributed by atoms with van der Waals surface area (Å²) in [5, 5.41) is 0.754. The van der Waals surface area contributed by atoms with E-state index in [-0.39, 0.29) is 5.41 Å². The van der Waals surface area contributed by atoms with Crippen molar-refractivity contribution in [3.8, 4) is 5.75 Å². The molecule has 0 aliphatic heterocycles. The summed E-state index contributed by atoms with van der Waals surface area (Å²) in [6.07, 6.45) is 0.869. The third-order valence-electron chi connectivity index (χ3n) is 3.72. The van der Waals surface area contributed by atoms with Gasteiger partial charge in [-0.05, 0) is 41.8 Å². The first-order valence-corrected chi connectivity index (χ1v) is 7.04. The van der Waals surface area contributed by atoms with Crippen LogP contribution in [0.4, 0.5) is 0 Å². The molecule has 1 atom stereocenters. The molecule has 0 radical (unpaired) electrons. The summed E-state index contributed by atoms with van der Waals surface area (Å²) in [5.74, 6) is 0.860. The first-order chi connectivity index (χ1) is 9.57. The Morgan fingerprint density at radius 2 is 1.85 bits per heavy atom. The molecule has 106 valence electrons. The molecule has 2 aromatic carbocycles. The number of methoxy groups -OCH3 is 1. The highest BCUT2D eigenvalue weighted by Gasteiger charge is 2.25. The monoisotopic (exact) mass is 289 g/mol. The minimum Gasteiger partial charge on any atom is -0.497 e. The zero-order valence-corrected chi connectivity index (χ0v) is 12.7. The van der Waals surface area contributed by atoms with E-state index in [1.165, 1.54) is 11.1 Å². The van der Waals surface area contributed by atoms with Crippen LogP contribution in [0.2, 0.25) is 5.02 Å². The van der Waals surface area contributed by atoms with Crippen LogP contribution in [0.1, 0.15) is 18.1 Å². The summed E-state index contributed by atoms with van der Waals surface area (Å²) in [4.78, 5) is 0. The van der Waals surface area contributed by atoms with Crippen LogP contribution in [0.15, 0.2) is 48.5 Å². The SMILES string of the molecule is COc1cccc(C(C)(CN)Cc2ccc(Cl)cc2)c1. The molecule has 0 saturated carbocycles. The van der Waals surface area contributed by atoms with Crippen molar-refractivity contribution in [3.05, 3.63) is 64.7 Å². The molecule has 0 amide bonds. The second-order valence-electron chi connectivity index (χ2n) is 5.30. The fourth-order valence-corrected chi connectivity index (χ4v) is 2.47. The maximum absolute atomic E-state index is 6.04. The first-order valence-electron chi connectivity index (χ1n) is 6.66. The molecule has 1 unspecified atom stereocenters. The number of halogens is 1. The zero-order chi connectivity index (χ0) is 14.6. The predicted octanol–water partition coefficient (Wildman–Crippen LogP) is 3.81. The van der Waals surface area contributed by atoms with Crippen LogP contribution in [0, 0.1) is 0 Å². The average Bonchev–Trinajstić information content (AvgIpc) is 2.49. The van der Waals surface area contributed by atoms with Gasteiger partial charge in [0.25, 0.3) is 0 Å². The molecule has 0 aromatic heterocycles. The third-order valence-corrected chi connectivity index (χ3v) is 3.98. The lowest BCUT2D eigenvalue weighted by Crippen LogP contribution is -2.34. The van der Waals surface area contributed by atoms with Gasteiger partial charge in [-0.25, -0.2) is 0 Å². The van der Waals surface area contributed by atoms with Gasteiger partial charge in [0, 0.05) is 17.0 Å². The summed E-state index contributed by atoms with van der Waals surface area (Å²) in [6.45, 7) is 2.75. The number of nitrogens with two attached hydrogens (primary N) is 1. The summed E-state index contributed by atoms with van der Waals surface area (Å²) < 4.78 is 5.30. The standard InChI is InChI=1S/C17H20ClNO/c1-17(12-19,11-13-6-8-15(18)9-7-13)14-4-3-5-16(10-14)20-2/h3-10H,11-12,19H2,1-2H3. The number of ether oxygens (including phenoxy) is 1. The number of benzene rings is 2. The van der Waals surface area contributed by atoms with Crippen LogP contribution in [0.25, 0.3) is 0 Å². The molecule has 0 aliphatic carbocycles. The quantitative estimate of drug-likeness (QED) is 0.908. The van der Waals surface area contributed by atoms with E-state index >= 15 is 0 Å². The lowest BCUT2D eigenvalue weighted by atomic mass is 9.77. The molecule has 0 fully saturated rings. The lowest BCUT2D eigenvalue weighted by molar-refractivity contribution is 0.410. The van der Waals surface area contributed by atoms with E-state index in [0.29, 0.717) is 6.54 Å². The van der Waals surface area contributed by atoms with Crippen LogP contribution in [-0.2, 0) is 11.8 Å². The summed E-state index contributed by atoms with van der Waals surface area (Å²) in [5.41, 5.74) is 8.33. The molecule has 2 N–H and O–H groups in total. The van der Waals surface area contributed by atoms with Crippen molar-refractivity contribution in [2.24, 2.45) is 5.73 Å². The Kier molecular flexibility index (Phi) is 4.69. The van der Waals surface area contributed by atoms with Gasteiger partial charge in [-0.1, -0.05) is 42.8 Å². The van der Waals surface area contributed by atoms with Crippen molar-refractivity contribution >= 4 is 11.6 Å². The van der Waals surface area contributed by atoms with Gasteiger partial charge in [0.2, 0.25) is 0 Å². The van der Waals surface area contributed by atoms with Crippen molar-refractivity contribution in [2.45, 2.75) is 18.8 Å². The molecule has 0 aliphatic rings. The number of hydrogen-bond donors (Lipinski definition) is 1. The Hall–Kier alpha value is -1.51. The lowest BCUT2D eigenvalue weighted by Gasteiger charge is -2.29. The molecule has 20 heavy (non-hydrogen) atoms. The largest absolute Gasteiger partial charge is 0.497 e. The van der Waals surface area contributed by atoms with Gasteiger partial charge in [0.1, 0.15) is 5.75 Å². The molecule has 0 saturated heterocycles. The van der Waals surface area contributed by atoms with E-state index in [9.17, 15) is 0 Å². The Balaban J connectivity index is 2.30. The van der Waals surface area contributed by atoms with Crippen LogP contribution >= 0.6 is 11.6 Å². The van der Waals surface area contributed by atoms with Gasteiger partial charge in [0.05, 0.1) is 7.11 Å². The molecule has 2 rings (SSSR count). The van der Waals surface area contributed by atoms with E-state index < -0.39 is 0 Å².